The van der Waals surface area contributed by atoms with E-state index in [4.69, 9.17) is 4.84 Å². The van der Waals surface area contributed by atoms with Gasteiger partial charge in [0.05, 0.1) is 5.71 Å². The number of carbonyl (C=O) groups excluding carboxylic acids is 3. The van der Waals surface area contributed by atoms with Crippen molar-refractivity contribution < 1.29 is 32.4 Å². The molecule has 1 atom stereocenters. The average Bonchev–Trinajstić information content (AvgIpc) is 3.19. The van der Waals surface area contributed by atoms with Crippen molar-refractivity contribution in [2.75, 3.05) is 19.6 Å². The van der Waals surface area contributed by atoms with Gasteiger partial charge >= 0.3 is 6.18 Å². The summed E-state index contributed by atoms with van der Waals surface area (Å²) in [5.74, 6) is -2.76. The highest BCUT2D eigenvalue weighted by Crippen LogP contribution is 2.35. The van der Waals surface area contributed by atoms with Crippen molar-refractivity contribution in [2.24, 2.45) is 5.16 Å². The van der Waals surface area contributed by atoms with Crippen LogP contribution in [0.4, 0.5) is 13.2 Å². The maximum absolute atomic E-state index is 12.9. The normalized spacial score (nSPS) is 20.9. The highest BCUT2D eigenvalue weighted by Gasteiger charge is 2.41. The summed E-state index contributed by atoms with van der Waals surface area (Å²) >= 11 is 0. The van der Waals surface area contributed by atoms with Crippen LogP contribution in [0.3, 0.4) is 0 Å². The molecule has 3 amide bonds. The fraction of sp³-hybridized carbons (Fsp3) is 0.364. The van der Waals surface area contributed by atoms with Crippen molar-refractivity contribution >= 4 is 23.4 Å². The Morgan fingerprint density at radius 1 is 1.15 bits per heavy atom. The van der Waals surface area contributed by atoms with Gasteiger partial charge in [0.2, 0.25) is 11.8 Å². The Hall–Kier alpha value is -3.83. The number of halogens is 3. The van der Waals surface area contributed by atoms with Crippen LogP contribution in [0, 0.1) is 6.92 Å². The number of nitrogens with zero attached hydrogens (tertiary/aromatic N) is 5. The molecule has 34 heavy (non-hydrogen) atoms. The highest BCUT2D eigenvalue weighted by atomic mass is 19.4. The average molecular weight is 475 g/mol. The van der Waals surface area contributed by atoms with Gasteiger partial charge in [0.15, 0.2) is 5.60 Å². The van der Waals surface area contributed by atoms with E-state index in [-0.39, 0.29) is 10.5 Å². The summed E-state index contributed by atoms with van der Waals surface area (Å²) in [4.78, 5) is 51.9. The zero-order chi connectivity index (χ0) is 24.7. The van der Waals surface area contributed by atoms with E-state index in [2.05, 4.69) is 15.1 Å². The molecule has 2 aliphatic rings. The number of alkyl halides is 3. The summed E-state index contributed by atoms with van der Waals surface area (Å²) < 4.78 is 37.9. The molecular formula is C22H20F3N5O4. The molecule has 1 fully saturated rings. The summed E-state index contributed by atoms with van der Waals surface area (Å²) in [7, 11) is 0. The Balaban J connectivity index is 1.47. The van der Waals surface area contributed by atoms with Gasteiger partial charge in [-0.3, -0.25) is 19.3 Å². The van der Waals surface area contributed by atoms with Gasteiger partial charge < -0.3 is 9.74 Å². The molecule has 12 heteroatoms. The lowest BCUT2D eigenvalue weighted by molar-refractivity contribution is -0.174. The Bertz CT molecular complexity index is 1170. The largest absolute Gasteiger partial charge is 0.406 e. The second-order valence-corrected chi connectivity index (χ2v) is 8.34. The molecule has 1 saturated heterocycles. The number of carbonyl (C=O) groups is 3. The van der Waals surface area contributed by atoms with E-state index in [0.29, 0.717) is 17.7 Å². The molecule has 9 nitrogen and oxygen atoms in total. The van der Waals surface area contributed by atoms with Gasteiger partial charge in [0.25, 0.3) is 5.91 Å². The molecule has 0 aliphatic carbocycles. The number of piperazine rings is 1. The molecule has 1 aromatic heterocycles. The standard InChI is InChI=1S/C22H20F3N5O4/c1-13-5-14(17-6-21(2,34-28-17)15-7-26-12-27-8-15)3-4-16(13)20(33)29-9-18(31)30(19(32)10-29)11-22(23,24)25/h3-5,7-8,12H,6,9-11H2,1-2H3. The van der Waals surface area contributed by atoms with Crippen molar-refractivity contribution in [1.82, 2.24) is 19.8 Å². The fourth-order valence-electron chi connectivity index (χ4n) is 3.87. The van der Waals surface area contributed by atoms with Crippen LogP contribution in [0.5, 0.6) is 0 Å². The third-order valence-electron chi connectivity index (χ3n) is 5.70. The Morgan fingerprint density at radius 3 is 2.38 bits per heavy atom. The van der Waals surface area contributed by atoms with Crippen molar-refractivity contribution in [3.05, 3.63) is 59.2 Å². The maximum Gasteiger partial charge on any atom is 0.406 e. The van der Waals surface area contributed by atoms with Crippen LogP contribution in [-0.2, 0) is 20.0 Å². The predicted molar refractivity (Wildman–Crippen MR) is 111 cm³/mol. The molecule has 3 heterocycles. The second-order valence-electron chi connectivity index (χ2n) is 8.34. The van der Waals surface area contributed by atoms with Gasteiger partial charge in [-0.25, -0.2) is 9.97 Å². The van der Waals surface area contributed by atoms with Crippen LogP contribution < -0.4 is 0 Å². The molecule has 178 valence electrons. The Labute approximate surface area is 192 Å². The van der Waals surface area contributed by atoms with E-state index in [1.165, 1.54) is 12.4 Å². The van der Waals surface area contributed by atoms with Crippen LogP contribution in [0.25, 0.3) is 0 Å². The smallest absolute Gasteiger partial charge is 0.384 e. The second kappa shape index (κ2) is 8.50. The van der Waals surface area contributed by atoms with Gasteiger partial charge in [-0.05, 0) is 37.1 Å². The fourth-order valence-corrected chi connectivity index (χ4v) is 3.87. The highest BCUT2D eigenvalue weighted by molar-refractivity contribution is 6.07. The first kappa shape index (κ1) is 23.3. The molecule has 0 radical (unpaired) electrons. The Kier molecular flexibility index (Phi) is 5.84. The number of aryl methyl sites for hydroxylation is 1. The van der Waals surface area contributed by atoms with Crippen molar-refractivity contribution in [2.45, 2.75) is 32.0 Å². The van der Waals surface area contributed by atoms with E-state index < -0.39 is 49.1 Å². The topological polar surface area (TPSA) is 105 Å². The number of imide groups is 1. The van der Waals surface area contributed by atoms with Crippen molar-refractivity contribution in [3.63, 3.8) is 0 Å². The summed E-state index contributed by atoms with van der Waals surface area (Å²) in [6, 6.07) is 4.93. The molecular weight excluding hydrogens is 455 g/mol. The first-order chi connectivity index (χ1) is 16.0. The van der Waals surface area contributed by atoms with Gasteiger partial charge in [0, 0.05) is 29.9 Å². The predicted octanol–water partition coefficient (Wildman–Crippen LogP) is 2.20. The Morgan fingerprint density at radius 2 is 1.79 bits per heavy atom. The lowest BCUT2D eigenvalue weighted by Crippen LogP contribution is -2.57. The van der Waals surface area contributed by atoms with Crippen molar-refractivity contribution in [1.29, 1.82) is 0 Å². The van der Waals surface area contributed by atoms with Crippen LogP contribution >= 0.6 is 0 Å². The van der Waals surface area contributed by atoms with Gasteiger partial charge in [-0.2, -0.15) is 13.2 Å². The number of amides is 3. The first-order valence-electron chi connectivity index (χ1n) is 10.3. The molecule has 2 aliphatic heterocycles. The minimum absolute atomic E-state index is 0.132. The minimum Gasteiger partial charge on any atom is -0.384 e. The molecule has 1 aromatic carbocycles. The monoisotopic (exact) mass is 475 g/mol. The molecule has 4 rings (SSSR count). The number of aromatic nitrogens is 2. The summed E-state index contributed by atoms with van der Waals surface area (Å²) in [5, 5.41) is 4.18. The van der Waals surface area contributed by atoms with Gasteiger partial charge in [-0.15, -0.1) is 0 Å². The maximum atomic E-state index is 12.9. The van der Waals surface area contributed by atoms with Crippen LogP contribution in [-0.4, -0.2) is 69.0 Å². The van der Waals surface area contributed by atoms with E-state index in [1.54, 1.807) is 31.5 Å². The van der Waals surface area contributed by atoms with E-state index in [1.807, 2.05) is 6.92 Å². The summed E-state index contributed by atoms with van der Waals surface area (Å²) in [5.41, 5.74) is 2.18. The lowest BCUT2D eigenvalue weighted by atomic mass is 9.90. The minimum atomic E-state index is -4.71. The molecule has 2 aromatic rings. The third kappa shape index (κ3) is 4.61. The number of hydrogen-bond donors (Lipinski definition) is 0. The quantitative estimate of drug-likeness (QED) is 0.628. The molecule has 0 spiro atoms. The summed E-state index contributed by atoms with van der Waals surface area (Å²) in [6.45, 7) is 0.651. The number of oxime groups is 1. The SMILES string of the molecule is Cc1cc(C2=NOC(C)(c3cncnc3)C2)ccc1C(=O)N1CC(=O)N(CC(F)(F)F)C(=O)C1. The van der Waals surface area contributed by atoms with Crippen molar-refractivity contribution in [3.8, 4) is 0 Å². The van der Waals surface area contributed by atoms with Crippen LogP contribution in [0.2, 0.25) is 0 Å². The molecule has 0 bridgehead atoms. The third-order valence-corrected chi connectivity index (χ3v) is 5.70. The number of hydrogen-bond acceptors (Lipinski definition) is 7. The van der Waals surface area contributed by atoms with Crippen LogP contribution in [0.15, 0.2) is 42.1 Å². The molecule has 1 unspecified atom stereocenters. The zero-order valence-corrected chi connectivity index (χ0v) is 18.3. The molecule has 0 N–H and O–H groups in total. The summed E-state index contributed by atoms with van der Waals surface area (Å²) in [6.07, 6.45) is 0.447. The van der Waals surface area contributed by atoms with Crippen LogP contribution in [0.1, 0.15) is 40.4 Å². The zero-order valence-electron chi connectivity index (χ0n) is 18.3. The lowest BCUT2D eigenvalue weighted by Gasteiger charge is -2.33. The van der Waals surface area contributed by atoms with E-state index >= 15 is 0 Å². The molecule has 0 saturated carbocycles. The van der Waals surface area contributed by atoms with Gasteiger partial charge in [-0.1, -0.05) is 11.2 Å². The first-order valence-corrected chi connectivity index (χ1v) is 10.3. The number of rotatable bonds is 4. The van der Waals surface area contributed by atoms with E-state index in [9.17, 15) is 27.6 Å². The van der Waals surface area contributed by atoms with Gasteiger partial charge in [0.1, 0.15) is 26.0 Å². The van der Waals surface area contributed by atoms with E-state index in [0.717, 1.165) is 16.0 Å². The number of benzene rings is 1.